The largest absolute Gasteiger partial charge is 0.378 e. The van der Waals surface area contributed by atoms with E-state index < -0.39 is 10.0 Å². The van der Waals surface area contributed by atoms with Gasteiger partial charge in [0.1, 0.15) is 0 Å². The van der Waals surface area contributed by atoms with Crippen molar-refractivity contribution in [3.63, 3.8) is 0 Å². The Morgan fingerprint density at radius 3 is 2.48 bits per heavy atom. The van der Waals surface area contributed by atoms with Gasteiger partial charge in [-0.05, 0) is 72.9 Å². The van der Waals surface area contributed by atoms with E-state index in [1.807, 2.05) is 24.3 Å². The number of rotatable bonds is 4. The third-order valence-electron chi connectivity index (χ3n) is 6.18. The van der Waals surface area contributed by atoms with Crippen molar-refractivity contribution in [1.29, 1.82) is 0 Å². The normalized spacial score (nSPS) is 21.8. The monoisotopic (exact) mass is 494 g/mol. The maximum absolute atomic E-state index is 13.0. The predicted octanol–water partition coefficient (Wildman–Crippen LogP) is 6.38. The van der Waals surface area contributed by atoms with E-state index in [4.69, 9.17) is 0 Å². The van der Waals surface area contributed by atoms with Crippen molar-refractivity contribution in [3.05, 3.63) is 100 Å². The molecule has 0 radical (unpaired) electrons. The minimum atomic E-state index is -3.68. The summed E-state index contributed by atoms with van der Waals surface area (Å²) < 4.78 is 29.6. The average molecular weight is 495 g/mol. The van der Waals surface area contributed by atoms with Crippen LogP contribution in [0.3, 0.4) is 0 Å². The molecule has 2 N–H and O–H groups in total. The number of hydrogen-bond acceptors (Lipinski definition) is 3. The number of fused-ring (bicyclic) bond motifs is 3. The Hall–Kier alpha value is -2.57. The van der Waals surface area contributed by atoms with Gasteiger partial charge >= 0.3 is 0 Å². The molecule has 0 unspecified atom stereocenters. The Balaban J connectivity index is 1.48. The summed E-state index contributed by atoms with van der Waals surface area (Å²) in [6, 6.07) is 21.4. The maximum Gasteiger partial charge on any atom is 0.261 e. The van der Waals surface area contributed by atoms with E-state index in [-0.39, 0.29) is 16.9 Å². The lowest BCUT2D eigenvalue weighted by Gasteiger charge is -2.37. The van der Waals surface area contributed by atoms with Crippen LogP contribution < -0.4 is 10.0 Å². The summed E-state index contributed by atoms with van der Waals surface area (Å²) in [7, 11) is -3.68. The quantitative estimate of drug-likeness (QED) is 0.413. The van der Waals surface area contributed by atoms with Crippen LogP contribution in [0.25, 0.3) is 0 Å². The Kier molecular flexibility index (Phi) is 5.15. The number of nitrogens with one attached hydrogen (secondary N) is 2. The lowest BCUT2D eigenvalue weighted by Crippen LogP contribution is -2.29. The Morgan fingerprint density at radius 1 is 1.00 bits per heavy atom. The van der Waals surface area contributed by atoms with Crippen molar-refractivity contribution in [2.45, 2.75) is 30.2 Å². The van der Waals surface area contributed by atoms with Gasteiger partial charge in [0.2, 0.25) is 0 Å². The molecule has 1 heterocycles. The molecule has 1 aliphatic carbocycles. The zero-order valence-electron chi connectivity index (χ0n) is 17.0. The van der Waals surface area contributed by atoms with Crippen LogP contribution in [-0.4, -0.2) is 8.42 Å². The number of hydrogen-bond donors (Lipinski definition) is 2. The number of benzene rings is 3. The number of allylic oxidation sites excluding steroid dienone is 2. The van der Waals surface area contributed by atoms with Gasteiger partial charge < -0.3 is 5.32 Å². The van der Waals surface area contributed by atoms with Crippen LogP contribution in [0, 0.1) is 12.8 Å². The molecule has 4 nitrogen and oxygen atoms in total. The first kappa shape index (κ1) is 20.3. The van der Waals surface area contributed by atoms with E-state index in [2.05, 4.69) is 69.3 Å². The van der Waals surface area contributed by atoms with Gasteiger partial charge in [0.15, 0.2) is 0 Å². The van der Waals surface area contributed by atoms with Crippen molar-refractivity contribution in [1.82, 2.24) is 0 Å². The molecule has 0 amide bonds. The summed E-state index contributed by atoms with van der Waals surface area (Å²) in [5.41, 5.74) is 5.09. The Morgan fingerprint density at radius 2 is 1.74 bits per heavy atom. The van der Waals surface area contributed by atoms with Gasteiger partial charge in [-0.15, -0.1) is 0 Å². The molecule has 6 heteroatoms. The molecule has 0 saturated carbocycles. The molecular weight excluding hydrogens is 472 g/mol. The van der Waals surface area contributed by atoms with Gasteiger partial charge in [0, 0.05) is 21.8 Å². The number of halogens is 1. The third kappa shape index (κ3) is 3.90. The molecule has 1 aliphatic heterocycles. The number of anilines is 2. The fourth-order valence-electron chi connectivity index (χ4n) is 4.58. The summed E-state index contributed by atoms with van der Waals surface area (Å²) in [5, 5.41) is 3.68. The van der Waals surface area contributed by atoms with Crippen molar-refractivity contribution in [2.24, 2.45) is 5.92 Å². The molecule has 31 heavy (non-hydrogen) atoms. The first-order valence-electron chi connectivity index (χ1n) is 10.3. The van der Waals surface area contributed by atoms with Crippen LogP contribution in [0.5, 0.6) is 0 Å². The van der Waals surface area contributed by atoms with Crippen LogP contribution in [0.15, 0.2) is 88.3 Å². The van der Waals surface area contributed by atoms with Gasteiger partial charge in [-0.2, -0.15) is 0 Å². The van der Waals surface area contributed by atoms with E-state index in [0.29, 0.717) is 11.6 Å². The summed E-state index contributed by atoms with van der Waals surface area (Å²) in [5.74, 6) is 0.568. The number of aryl methyl sites for hydroxylation is 1. The topological polar surface area (TPSA) is 58.2 Å². The van der Waals surface area contributed by atoms with Gasteiger partial charge in [-0.3, -0.25) is 4.72 Å². The fourth-order valence-corrected chi connectivity index (χ4v) is 5.93. The Labute approximate surface area is 191 Å². The maximum atomic E-state index is 13.0. The van der Waals surface area contributed by atoms with E-state index in [0.717, 1.165) is 22.1 Å². The lowest BCUT2D eigenvalue weighted by molar-refractivity contribution is 0.425. The van der Waals surface area contributed by atoms with Gasteiger partial charge in [0.05, 0.1) is 10.9 Å². The second kappa shape index (κ2) is 7.84. The van der Waals surface area contributed by atoms with Gasteiger partial charge in [-0.25, -0.2) is 8.42 Å². The van der Waals surface area contributed by atoms with Crippen LogP contribution in [0.4, 0.5) is 11.4 Å². The fraction of sp³-hybridized carbons (Fsp3) is 0.200. The summed E-state index contributed by atoms with van der Waals surface area (Å²) in [4.78, 5) is 0.281. The van der Waals surface area contributed by atoms with E-state index in [1.165, 1.54) is 11.1 Å². The highest BCUT2D eigenvalue weighted by molar-refractivity contribution is 9.10. The number of sulfonamides is 1. The van der Waals surface area contributed by atoms with Crippen LogP contribution in [0.1, 0.15) is 35.1 Å². The van der Waals surface area contributed by atoms with Crippen molar-refractivity contribution >= 4 is 37.3 Å². The van der Waals surface area contributed by atoms with E-state index in [9.17, 15) is 8.42 Å². The zero-order valence-corrected chi connectivity index (χ0v) is 19.4. The SMILES string of the molecule is Cc1ccc([C@H]2Nc3ccc(S(=O)(=O)Nc4ccc(Br)cc4)cc3[C@H]3C=CC[C@H]32)cc1. The minimum absolute atomic E-state index is 0.199. The molecule has 5 rings (SSSR count). The summed E-state index contributed by atoms with van der Waals surface area (Å²) >= 11 is 3.37. The third-order valence-corrected chi connectivity index (χ3v) is 8.09. The molecule has 3 aromatic carbocycles. The lowest BCUT2D eigenvalue weighted by atomic mass is 9.77. The molecule has 3 atom stereocenters. The van der Waals surface area contributed by atoms with Crippen LogP contribution in [-0.2, 0) is 10.0 Å². The van der Waals surface area contributed by atoms with Crippen LogP contribution in [0.2, 0.25) is 0 Å². The Bertz CT molecular complexity index is 1250. The van der Waals surface area contributed by atoms with Crippen molar-refractivity contribution in [3.8, 4) is 0 Å². The van der Waals surface area contributed by atoms with Gasteiger partial charge in [-0.1, -0.05) is 57.9 Å². The first-order valence-corrected chi connectivity index (χ1v) is 12.6. The van der Waals surface area contributed by atoms with E-state index >= 15 is 0 Å². The highest BCUT2D eigenvalue weighted by atomic mass is 79.9. The highest BCUT2D eigenvalue weighted by Gasteiger charge is 2.38. The second-order valence-corrected chi connectivity index (χ2v) is 10.8. The molecular formula is C25H23BrN2O2S. The molecule has 0 aromatic heterocycles. The summed E-state index contributed by atoms with van der Waals surface area (Å²) in [6.07, 6.45) is 5.42. The minimum Gasteiger partial charge on any atom is -0.378 e. The second-order valence-electron chi connectivity index (χ2n) is 8.25. The molecule has 158 valence electrons. The van der Waals surface area contributed by atoms with Gasteiger partial charge in [0.25, 0.3) is 10.0 Å². The molecule has 0 saturated heterocycles. The highest BCUT2D eigenvalue weighted by Crippen LogP contribution is 2.50. The molecule has 0 bridgehead atoms. The standard InChI is InChI=1S/C25H23BrN2O2S/c1-16-5-7-17(8-6-16)25-22-4-2-3-21(22)23-15-20(13-14-24(23)27-25)31(29,30)28-19-11-9-18(26)10-12-19/h2-3,5-15,21-22,25,27-28H,4H2,1H3/t21-,22+,25+/m0/s1. The van der Waals surface area contributed by atoms with Crippen molar-refractivity contribution < 1.29 is 8.42 Å². The first-order chi connectivity index (χ1) is 14.9. The predicted molar refractivity (Wildman–Crippen MR) is 129 cm³/mol. The smallest absolute Gasteiger partial charge is 0.261 e. The van der Waals surface area contributed by atoms with E-state index in [1.54, 1.807) is 18.2 Å². The molecule has 3 aromatic rings. The molecule has 0 fully saturated rings. The molecule has 2 aliphatic rings. The molecule has 0 spiro atoms. The van der Waals surface area contributed by atoms with Crippen LogP contribution >= 0.6 is 15.9 Å². The van der Waals surface area contributed by atoms with Crippen molar-refractivity contribution in [2.75, 3.05) is 10.0 Å². The summed E-state index contributed by atoms with van der Waals surface area (Å²) in [6.45, 7) is 2.09. The zero-order chi connectivity index (χ0) is 21.6. The average Bonchev–Trinajstić information content (AvgIpc) is 3.25.